The molecule has 0 bridgehead atoms. The van der Waals surface area contributed by atoms with Gasteiger partial charge in [0.15, 0.2) is 0 Å². The standard InChI is InChI=1S/C13H18N4O3/c1-13(2)9-8(6-14-13)10(17(16-9)12(19)20)15-11(18)7-4-3-5-7/h7,14H,3-6H2,1-2H3,(H,15,18)(H,19,20). The molecular formula is C13H18N4O3. The molecule has 2 aliphatic rings. The second-order valence-electron chi connectivity index (χ2n) is 5.97. The van der Waals surface area contributed by atoms with Crippen molar-refractivity contribution in [2.75, 3.05) is 5.32 Å². The van der Waals surface area contributed by atoms with E-state index in [0.717, 1.165) is 29.5 Å². The van der Waals surface area contributed by atoms with Gasteiger partial charge in [0.25, 0.3) is 0 Å². The van der Waals surface area contributed by atoms with Gasteiger partial charge >= 0.3 is 6.09 Å². The highest BCUT2D eigenvalue weighted by Crippen LogP contribution is 2.35. The van der Waals surface area contributed by atoms with Crippen molar-refractivity contribution < 1.29 is 14.7 Å². The minimum Gasteiger partial charge on any atom is -0.463 e. The molecule has 3 rings (SSSR count). The Kier molecular flexibility index (Phi) is 2.82. The molecule has 108 valence electrons. The number of nitrogens with zero attached hydrogens (tertiary/aromatic N) is 2. The maximum absolute atomic E-state index is 12.1. The van der Waals surface area contributed by atoms with Crippen molar-refractivity contribution in [2.24, 2.45) is 5.92 Å². The fourth-order valence-corrected chi connectivity index (χ4v) is 2.67. The van der Waals surface area contributed by atoms with Crippen LogP contribution in [-0.4, -0.2) is 26.9 Å². The number of anilines is 1. The molecule has 7 nitrogen and oxygen atoms in total. The molecule has 0 unspecified atom stereocenters. The quantitative estimate of drug-likeness (QED) is 0.761. The number of carbonyl (C=O) groups is 2. The Morgan fingerprint density at radius 1 is 1.45 bits per heavy atom. The van der Waals surface area contributed by atoms with Crippen LogP contribution in [0.2, 0.25) is 0 Å². The van der Waals surface area contributed by atoms with E-state index >= 15 is 0 Å². The predicted octanol–water partition coefficient (Wildman–Crippen LogP) is 1.49. The molecular weight excluding hydrogens is 260 g/mol. The lowest BCUT2D eigenvalue weighted by Gasteiger charge is -2.24. The highest BCUT2D eigenvalue weighted by Gasteiger charge is 2.38. The van der Waals surface area contributed by atoms with Gasteiger partial charge in [0, 0.05) is 18.0 Å². The third kappa shape index (κ3) is 1.89. The van der Waals surface area contributed by atoms with Gasteiger partial charge in [0.1, 0.15) is 5.82 Å². The van der Waals surface area contributed by atoms with Crippen molar-refractivity contribution in [2.45, 2.75) is 45.2 Å². The van der Waals surface area contributed by atoms with E-state index < -0.39 is 6.09 Å². The van der Waals surface area contributed by atoms with Crippen LogP contribution < -0.4 is 10.6 Å². The molecule has 0 spiro atoms. The second kappa shape index (κ2) is 4.31. The van der Waals surface area contributed by atoms with Crippen molar-refractivity contribution in [1.82, 2.24) is 15.1 Å². The summed E-state index contributed by atoms with van der Waals surface area (Å²) < 4.78 is 0.879. The number of hydrogen-bond donors (Lipinski definition) is 3. The van der Waals surface area contributed by atoms with Crippen LogP contribution >= 0.6 is 0 Å². The van der Waals surface area contributed by atoms with E-state index in [-0.39, 0.29) is 17.4 Å². The predicted molar refractivity (Wildman–Crippen MR) is 71.5 cm³/mol. The SMILES string of the molecule is CC1(C)NCc2c1nn(C(=O)O)c2NC(=O)C1CCC1. The van der Waals surface area contributed by atoms with Gasteiger partial charge in [-0.05, 0) is 26.7 Å². The van der Waals surface area contributed by atoms with Gasteiger partial charge in [-0.2, -0.15) is 5.10 Å². The van der Waals surface area contributed by atoms with Crippen LogP contribution in [0.25, 0.3) is 0 Å². The molecule has 1 saturated carbocycles. The van der Waals surface area contributed by atoms with E-state index in [1.165, 1.54) is 0 Å². The number of amides is 1. The van der Waals surface area contributed by atoms with Gasteiger partial charge in [0.2, 0.25) is 5.91 Å². The van der Waals surface area contributed by atoms with Gasteiger partial charge in [-0.1, -0.05) is 6.42 Å². The number of carboxylic acid groups (broad SMARTS) is 1. The lowest BCUT2D eigenvalue weighted by Crippen LogP contribution is -2.32. The molecule has 1 fully saturated rings. The Hall–Kier alpha value is -1.89. The number of carbonyl (C=O) groups excluding carboxylic acids is 1. The van der Waals surface area contributed by atoms with Crippen molar-refractivity contribution in [1.29, 1.82) is 0 Å². The van der Waals surface area contributed by atoms with Crippen LogP contribution in [0.3, 0.4) is 0 Å². The summed E-state index contributed by atoms with van der Waals surface area (Å²) in [5.41, 5.74) is 1.07. The zero-order valence-corrected chi connectivity index (χ0v) is 11.6. The lowest BCUT2D eigenvalue weighted by molar-refractivity contribution is -0.122. The normalized spacial score (nSPS) is 20.3. The zero-order chi connectivity index (χ0) is 14.5. The maximum atomic E-state index is 12.1. The van der Waals surface area contributed by atoms with Gasteiger partial charge in [-0.15, -0.1) is 4.68 Å². The van der Waals surface area contributed by atoms with Crippen molar-refractivity contribution in [3.63, 3.8) is 0 Å². The lowest BCUT2D eigenvalue weighted by atomic mass is 9.85. The smallest absolute Gasteiger partial charge is 0.434 e. The Morgan fingerprint density at radius 2 is 2.15 bits per heavy atom. The molecule has 1 aliphatic carbocycles. The number of fused-ring (bicyclic) bond motifs is 1. The summed E-state index contributed by atoms with van der Waals surface area (Å²) in [6.07, 6.45) is 1.63. The van der Waals surface area contributed by atoms with Gasteiger partial charge in [-0.3, -0.25) is 4.79 Å². The average molecular weight is 278 g/mol. The molecule has 1 aliphatic heterocycles. The van der Waals surface area contributed by atoms with E-state index in [2.05, 4.69) is 15.7 Å². The van der Waals surface area contributed by atoms with Crippen LogP contribution in [0.1, 0.15) is 44.4 Å². The summed E-state index contributed by atoms with van der Waals surface area (Å²) >= 11 is 0. The first kappa shape index (κ1) is 13.1. The van der Waals surface area contributed by atoms with Gasteiger partial charge in [0.05, 0.1) is 11.2 Å². The van der Waals surface area contributed by atoms with Crippen molar-refractivity contribution in [3.8, 4) is 0 Å². The van der Waals surface area contributed by atoms with Gasteiger partial charge < -0.3 is 15.7 Å². The monoisotopic (exact) mass is 278 g/mol. The van der Waals surface area contributed by atoms with Crippen LogP contribution in [0.5, 0.6) is 0 Å². The minimum atomic E-state index is -1.18. The first-order valence-electron chi connectivity index (χ1n) is 6.81. The van der Waals surface area contributed by atoms with E-state index in [1.807, 2.05) is 13.8 Å². The molecule has 0 radical (unpaired) electrons. The molecule has 1 aromatic heterocycles. The third-order valence-corrected chi connectivity index (χ3v) is 4.18. The Balaban J connectivity index is 1.96. The number of nitrogens with one attached hydrogen (secondary N) is 2. The largest absolute Gasteiger partial charge is 0.463 e. The molecule has 1 aromatic rings. The summed E-state index contributed by atoms with van der Waals surface area (Å²) in [5, 5.41) is 19.4. The van der Waals surface area contributed by atoms with Gasteiger partial charge in [-0.25, -0.2) is 4.79 Å². The summed E-state index contributed by atoms with van der Waals surface area (Å²) in [5.74, 6) is 0.193. The minimum absolute atomic E-state index is 0.00478. The van der Waals surface area contributed by atoms with Crippen LogP contribution in [0.4, 0.5) is 10.6 Å². The second-order valence-corrected chi connectivity index (χ2v) is 5.97. The molecule has 3 N–H and O–H groups in total. The molecule has 0 atom stereocenters. The fraction of sp³-hybridized carbons (Fsp3) is 0.615. The Labute approximate surface area is 116 Å². The zero-order valence-electron chi connectivity index (χ0n) is 11.6. The summed E-state index contributed by atoms with van der Waals surface area (Å²) in [6, 6.07) is 0. The topological polar surface area (TPSA) is 96.2 Å². The molecule has 0 saturated heterocycles. The summed E-state index contributed by atoms with van der Waals surface area (Å²) in [6.45, 7) is 4.39. The first-order valence-corrected chi connectivity index (χ1v) is 6.81. The summed E-state index contributed by atoms with van der Waals surface area (Å²) in [7, 11) is 0. The van der Waals surface area contributed by atoms with Crippen molar-refractivity contribution >= 4 is 17.8 Å². The van der Waals surface area contributed by atoms with E-state index in [4.69, 9.17) is 0 Å². The highest BCUT2D eigenvalue weighted by atomic mass is 16.4. The third-order valence-electron chi connectivity index (χ3n) is 4.18. The fourth-order valence-electron chi connectivity index (χ4n) is 2.67. The molecule has 20 heavy (non-hydrogen) atoms. The molecule has 2 heterocycles. The number of rotatable bonds is 2. The summed E-state index contributed by atoms with van der Waals surface area (Å²) in [4.78, 5) is 23.4. The van der Waals surface area contributed by atoms with E-state index in [0.29, 0.717) is 18.1 Å². The van der Waals surface area contributed by atoms with E-state index in [9.17, 15) is 14.7 Å². The number of hydrogen-bond acceptors (Lipinski definition) is 4. The van der Waals surface area contributed by atoms with E-state index in [1.54, 1.807) is 0 Å². The van der Waals surface area contributed by atoms with Crippen LogP contribution in [0, 0.1) is 5.92 Å². The van der Waals surface area contributed by atoms with Crippen molar-refractivity contribution in [3.05, 3.63) is 11.3 Å². The Bertz CT molecular complexity index is 587. The maximum Gasteiger partial charge on any atom is 0.434 e. The first-order chi connectivity index (χ1) is 9.40. The number of aromatic nitrogens is 2. The van der Waals surface area contributed by atoms with Crippen LogP contribution in [-0.2, 0) is 16.9 Å². The molecule has 7 heteroatoms. The Morgan fingerprint density at radius 3 is 2.70 bits per heavy atom. The molecule has 1 amide bonds. The highest BCUT2D eigenvalue weighted by molar-refractivity contribution is 5.94. The van der Waals surface area contributed by atoms with Crippen LogP contribution in [0.15, 0.2) is 0 Å². The molecule has 0 aromatic carbocycles. The average Bonchev–Trinajstić information content (AvgIpc) is 2.76.